The van der Waals surface area contributed by atoms with E-state index in [0.717, 1.165) is 5.69 Å². The van der Waals surface area contributed by atoms with Crippen LogP contribution in [-0.2, 0) is 22.5 Å². The molecule has 0 radical (unpaired) electrons. The number of ether oxygens (including phenoxy) is 1. The molecule has 0 aliphatic rings. The highest BCUT2D eigenvalue weighted by molar-refractivity contribution is 5.69. The Bertz CT molecular complexity index is 476. The summed E-state index contributed by atoms with van der Waals surface area (Å²) in [6.07, 6.45) is -0.246. The van der Waals surface area contributed by atoms with E-state index in [1.54, 1.807) is 17.7 Å². The lowest BCUT2D eigenvalue weighted by molar-refractivity contribution is -0.136. The molecule has 0 amide bonds. The van der Waals surface area contributed by atoms with E-state index < -0.39 is 5.97 Å². The van der Waals surface area contributed by atoms with Crippen molar-refractivity contribution in [3.05, 3.63) is 33.7 Å². The number of carboxylic acid groups (broad SMARTS) is 1. The van der Waals surface area contributed by atoms with E-state index in [0.29, 0.717) is 18.7 Å². The zero-order valence-electron chi connectivity index (χ0n) is 11.0. The third-order valence-electron chi connectivity index (χ3n) is 2.74. The second-order valence-electron chi connectivity index (χ2n) is 4.46. The SMILES string of the molecule is COCCn1c(C(C)C)ccc(CC(=O)O)c1=O. The molecule has 1 aromatic heterocycles. The smallest absolute Gasteiger partial charge is 0.308 e. The van der Waals surface area contributed by atoms with Gasteiger partial charge in [0.1, 0.15) is 0 Å². The van der Waals surface area contributed by atoms with Gasteiger partial charge in [-0.05, 0) is 12.0 Å². The van der Waals surface area contributed by atoms with Gasteiger partial charge in [-0.1, -0.05) is 19.9 Å². The van der Waals surface area contributed by atoms with Crippen LogP contribution in [0.4, 0.5) is 0 Å². The number of hydrogen-bond acceptors (Lipinski definition) is 3. The van der Waals surface area contributed by atoms with E-state index in [-0.39, 0.29) is 17.9 Å². The fourth-order valence-corrected chi connectivity index (χ4v) is 1.85. The Hall–Kier alpha value is -1.62. The molecular formula is C13H19NO4. The molecule has 0 aliphatic carbocycles. The van der Waals surface area contributed by atoms with Crippen molar-refractivity contribution in [3.8, 4) is 0 Å². The van der Waals surface area contributed by atoms with Crippen LogP contribution in [0.15, 0.2) is 16.9 Å². The van der Waals surface area contributed by atoms with E-state index in [4.69, 9.17) is 9.84 Å². The fraction of sp³-hybridized carbons (Fsp3) is 0.538. The molecule has 0 saturated carbocycles. The van der Waals surface area contributed by atoms with Crippen molar-refractivity contribution < 1.29 is 14.6 Å². The Morgan fingerprint density at radius 2 is 2.11 bits per heavy atom. The molecule has 0 bridgehead atoms. The van der Waals surface area contributed by atoms with Crippen molar-refractivity contribution in [2.45, 2.75) is 32.7 Å². The minimum Gasteiger partial charge on any atom is -0.481 e. The summed E-state index contributed by atoms with van der Waals surface area (Å²) in [7, 11) is 1.57. The Morgan fingerprint density at radius 1 is 1.44 bits per heavy atom. The molecule has 0 atom stereocenters. The molecule has 5 nitrogen and oxygen atoms in total. The van der Waals surface area contributed by atoms with Gasteiger partial charge in [0.25, 0.3) is 5.56 Å². The van der Waals surface area contributed by atoms with Gasteiger partial charge in [0.05, 0.1) is 13.0 Å². The fourth-order valence-electron chi connectivity index (χ4n) is 1.85. The largest absolute Gasteiger partial charge is 0.481 e. The number of pyridine rings is 1. The summed E-state index contributed by atoms with van der Waals surface area (Å²) in [5.41, 5.74) is 0.967. The third-order valence-corrected chi connectivity index (χ3v) is 2.74. The average Bonchev–Trinajstić information content (AvgIpc) is 2.29. The van der Waals surface area contributed by atoms with E-state index in [2.05, 4.69) is 0 Å². The van der Waals surface area contributed by atoms with Gasteiger partial charge in [0.15, 0.2) is 0 Å². The molecule has 0 fully saturated rings. The molecule has 0 saturated heterocycles. The quantitative estimate of drug-likeness (QED) is 0.828. The Kier molecular flexibility index (Phi) is 5.09. The summed E-state index contributed by atoms with van der Waals surface area (Å²) >= 11 is 0. The first kappa shape index (κ1) is 14.4. The second-order valence-corrected chi connectivity index (χ2v) is 4.46. The van der Waals surface area contributed by atoms with E-state index >= 15 is 0 Å². The first-order chi connectivity index (χ1) is 8.47. The van der Waals surface area contributed by atoms with Crippen molar-refractivity contribution in [3.63, 3.8) is 0 Å². The number of carboxylic acids is 1. The van der Waals surface area contributed by atoms with Gasteiger partial charge in [-0.25, -0.2) is 0 Å². The lowest BCUT2D eigenvalue weighted by Crippen LogP contribution is -2.29. The molecule has 1 N–H and O–H groups in total. The molecule has 18 heavy (non-hydrogen) atoms. The first-order valence-corrected chi connectivity index (χ1v) is 5.90. The van der Waals surface area contributed by atoms with Crippen molar-refractivity contribution in [1.29, 1.82) is 0 Å². The summed E-state index contributed by atoms with van der Waals surface area (Å²) in [6, 6.07) is 3.43. The number of aromatic nitrogens is 1. The van der Waals surface area contributed by atoms with Crippen LogP contribution in [0.2, 0.25) is 0 Å². The van der Waals surface area contributed by atoms with Crippen LogP contribution in [-0.4, -0.2) is 29.4 Å². The number of carbonyl (C=O) groups is 1. The zero-order valence-corrected chi connectivity index (χ0v) is 11.0. The summed E-state index contributed by atoms with van der Waals surface area (Å²) in [5.74, 6) is -0.795. The van der Waals surface area contributed by atoms with Gasteiger partial charge in [0.2, 0.25) is 0 Å². The van der Waals surface area contributed by atoms with Gasteiger partial charge in [0, 0.05) is 24.9 Å². The Labute approximate surface area is 106 Å². The van der Waals surface area contributed by atoms with Gasteiger partial charge >= 0.3 is 5.97 Å². The van der Waals surface area contributed by atoms with Crippen molar-refractivity contribution in [2.75, 3.05) is 13.7 Å². The topological polar surface area (TPSA) is 68.5 Å². The monoisotopic (exact) mass is 253 g/mol. The predicted molar refractivity (Wildman–Crippen MR) is 68.0 cm³/mol. The maximum Gasteiger partial charge on any atom is 0.308 e. The number of aliphatic carboxylic acids is 1. The summed E-state index contributed by atoms with van der Waals surface area (Å²) in [6.45, 7) is 4.86. The summed E-state index contributed by atoms with van der Waals surface area (Å²) < 4.78 is 6.58. The summed E-state index contributed by atoms with van der Waals surface area (Å²) in [4.78, 5) is 22.9. The highest BCUT2D eigenvalue weighted by atomic mass is 16.5. The number of rotatable bonds is 6. The molecule has 1 rings (SSSR count). The van der Waals surface area contributed by atoms with Gasteiger partial charge in [-0.2, -0.15) is 0 Å². The molecule has 0 spiro atoms. The highest BCUT2D eigenvalue weighted by Gasteiger charge is 2.13. The van der Waals surface area contributed by atoms with Gasteiger partial charge in [-0.15, -0.1) is 0 Å². The van der Waals surface area contributed by atoms with Crippen LogP contribution >= 0.6 is 0 Å². The Balaban J connectivity index is 3.21. The van der Waals surface area contributed by atoms with E-state index in [9.17, 15) is 9.59 Å². The van der Waals surface area contributed by atoms with Gasteiger partial charge < -0.3 is 14.4 Å². The Morgan fingerprint density at radius 3 is 2.61 bits per heavy atom. The minimum absolute atomic E-state index is 0.202. The van der Waals surface area contributed by atoms with Gasteiger partial charge in [-0.3, -0.25) is 9.59 Å². The average molecular weight is 253 g/mol. The molecule has 0 unspecified atom stereocenters. The van der Waals surface area contributed by atoms with E-state index in [1.165, 1.54) is 0 Å². The third kappa shape index (κ3) is 3.43. The first-order valence-electron chi connectivity index (χ1n) is 5.90. The van der Waals surface area contributed by atoms with Crippen molar-refractivity contribution in [1.82, 2.24) is 4.57 Å². The molecule has 1 aromatic rings. The molecule has 0 aromatic carbocycles. The lowest BCUT2D eigenvalue weighted by Gasteiger charge is -2.16. The van der Waals surface area contributed by atoms with E-state index in [1.807, 2.05) is 19.9 Å². The number of nitrogens with zero attached hydrogens (tertiary/aromatic N) is 1. The molecule has 1 heterocycles. The number of hydrogen-bond donors (Lipinski definition) is 1. The molecule has 100 valence electrons. The molecular weight excluding hydrogens is 234 g/mol. The second kappa shape index (κ2) is 6.35. The lowest BCUT2D eigenvalue weighted by atomic mass is 10.1. The van der Waals surface area contributed by atoms with Crippen LogP contribution < -0.4 is 5.56 Å². The predicted octanol–water partition coefficient (Wildman–Crippen LogP) is 1.25. The summed E-state index contributed by atoms with van der Waals surface area (Å²) in [5, 5.41) is 8.76. The normalized spacial score (nSPS) is 10.9. The standard InChI is InChI=1S/C13H19NO4/c1-9(2)11-5-4-10(8-12(15)16)13(17)14(11)6-7-18-3/h4-5,9H,6-8H2,1-3H3,(H,15,16). The van der Waals surface area contributed by atoms with Crippen LogP contribution in [0, 0.1) is 0 Å². The van der Waals surface area contributed by atoms with Crippen LogP contribution in [0.3, 0.4) is 0 Å². The molecule has 0 aliphatic heterocycles. The van der Waals surface area contributed by atoms with Crippen molar-refractivity contribution in [2.24, 2.45) is 0 Å². The number of methoxy groups -OCH3 is 1. The highest BCUT2D eigenvalue weighted by Crippen LogP contribution is 2.13. The van der Waals surface area contributed by atoms with Crippen LogP contribution in [0.5, 0.6) is 0 Å². The van der Waals surface area contributed by atoms with Crippen LogP contribution in [0.25, 0.3) is 0 Å². The maximum atomic E-state index is 12.2. The van der Waals surface area contributed by atoms with Crippen LogP contribution in [0.1, 0.15) is 31.0 Å². The zero-order chi connectivity index (χ0) is 13.7. The molecule has 5 heteroatoms. The minimum atomic E-state index is -0.998. The maximum absolute atomic E-state index is 12.2. The van der Waals surface area contributed by atoms with Crippen molar-refractivity contribution >= 4 is 5.97 Å².